The van der Waals surface area contributed by atoms with Gasteiger partial charge in [-0.15, -0.1) is 0 Å². The molecule has 1 aromatic rings. The van der Waals surface area contributed by atoms with Crippen molar-refractivity contribution in [3.05, 3.63) is 41.5 Å². The predicted octanol–water partition coefficient (Wildman–Crippen LogP) is 3.21. The van der Waals surface area contributed by atoms with Gasteiger partial charge in [0.2, 0.25) is 5.91 Å². The molecule has 1 aliphatic heterocycles. The second-order valence-corrected chi connectivity index (χ2v) is 5.79. The lowest BCUT2D eigenvalue weighted by atomic mass is 9.89. The number of fused-ring (bicyclic) bond motifs is 1. The minimum atomic E-state index is 0.279. The first-order valence-corrected chi connectivity index (χ1v) is 8.47. The number of nitrogens with zero attached hydrogens (tertiary/aromatic N) is 2. The highest BCUT2D eigenvalue weighted by atomic mass is 16.2. The predicted molar refractivity (Wildman–Crippen MR) is 92.8 cm³/mol. The molecule has 1 fully saturated rings. The van der Waals surface area contributed by atoms with Crippen LogP contribution in [0.25, 0.3) is 5.57 Å². The topological polar surface area (TPSA) is 23.6 Å². The van der Waals surface area contributed by atoms with Crippen LogP contribution in [0.3, 0.4) is 0 Å². The van der Waals surface area contributed by atoms with Crippen molar-refractivity contribution in [2.75, 3.05) is 33.2 Å². The Hall–Kier alpha value is -1.61. The average Bonchev–Trinajstić information content (AvgIpc) is 2.57. The molecule has 120 valence electrons. The molecule has 3 nitrogen and oxygen atoms in total. The van der Waals surface area contributed by atoms with Crippen molar-refractivity contribution in [1.82, 2.24) is 9.80 Å². The highest BCUT2D eigenvalue weighted by Crippen LogP contribution is 2.29. The van der Waals surface area contributed by atoms with Crippen molar-refractivity contribution in [2.45, 2.75) is 33.1 Å². The number of aryl methyl sites for hydroxylation is 1. The van der Waals surface area contributed by atoms with E-state index in [2.05, 4.69) is 42.3 Å². The lowest BCUT2D eigenvalue weighted by Crippen LogP contribution is -2.47. The summed E-state index contributed by atoms with van der Waals surface area (Å²) in [7, 11) is 2.11. The van der Waals surface area contributed by atoms with Crippen LogP contribution >= 0.6 is 0 Å². The van der Waals surface area contributed by atoms with E-state index in [0.717, 1.165) is 39.0 Å². The van der Waals surface area contributed by atoms with Crippen molar-refractivity contribution in [3.63, 3.8) is 0 Å². The first-order chi connectivity index (χ1) is 10.7. The van der Waals surface area contributed by atoms with Gasteiger partial charge in [-0.25, -0.2) is 0 Å². The Morgan fingerprint density at radius 2 is 1.77 bits per heavy atom. The number of amides is 1. The van der Waals surface area contributed by atoms with Crippen molar-refractivity contribution in [2.24, 2.45) is 0 Å². The Morgan fingerprint density at radius 1 is 1.09 bits per heavy atom. The summed E-state index contributed by atoms with van der Waals surface area (Å²) in [4.78, 5) is 16.7. The van der Waals surface area contributed by atoms with Gasteiger partial charge in [0.15, 0.2) is 0 Å². The van der Waals surface area contributed by atoms with Gasteiger partial charge in [0, 0.05) is 26.2 Å². The zero-order valence-electron chi connectivity index (χ0n) is 14.1. The number of hydrogen-bond acceptors (Lipinski definition) is 2. The summed E-state index contributed by atoms with van der Waals surface area (Å²) in [5.74, 6) is 0.279. The summed E-state index contributed by atoms with van der Waals surface area (Å²) in [6.45, 7) is 7.71. The molecule has 1 heterocycles. The maximum absolute atomic E-state index is 12.4. The molecule has 2 aliphatic rings. The van der Waals surface area contributed by atoms with Gasteiger partial charge in [0.25, 0.3) is 0 Å². The number of piperazine rings is 1. The minimum Gasteiger partial charge on any atom is -0.340 e. The molecule has 1 aliphatic carbocycles. The summed E-state index contributed by atoms with van der Waals surface area (Å²) in [5.41, 5.74) is 3.88. The van der Waals surface area contributed by atoms with E-state index in [1.54, 1.807) is 0 Å². The molecule has 0 saturated carbocycles. The van der Waals surface area contributed by atoms with E-state index in [9.17, 15) is 4.79 Å². The Morgan fingerprint density at radius 3 is 2.50 bits per heavy atom. The second kappa shape index (κ2) is 8.14. The van der Waals surface area contributed by atoms with Gasteiger partial charge >= 0.3 is 0 Å². The zero-order valence-corrected chi connectivity index (χ0v) is 14.1. The van der Waals surface area contributed by atoms with Gasteiger partial charge in [-0.3, -0.25) is 4.79 Å². The fourth-order valence-corrected chi connectivity index (χ4v) is 3.06. The van der Waals surface area contributed by atoms with Crippen molar-refractivity contribution >= 4 is 11.5 Å². The lowest BCUT2D eigenvalue weighted by Gasteiger charge is -2.33. The minimum absolute atomic E-state index is 0.279. The summed E-state index contributed by atoms with van der Waals surface area (Å²) < 4.78 is 0. The number of carbonyl (C=O) groups is 1. The van der Waals surface area contributed by atoms with Crippen molar-refractivity contribution in [3.8, 4) is 0 Å². The molecule has 0 bridgehead atoms. The van der Waals surface area contributed by atoms with Gasteiger partial charge in [0.1, 0.15) is 0 Å². The summed E-state index contributed by atoms with van der Waals surface area (Å²) in [6.07, 6.45) is 4.96. The quantitative estimate of drug-likeness (QED) is 0.837. The maximum atomic E-state index is 12.4. The van der Waals surface area contributed by atoms with Gasteiger partial charge in [0.05, 0.1) is 6.42 Å². The molecule has 1 amide bonds. The number of carbonyl (C=O) groups excluding carboxylic acids is 1. The molecule has 1 saturated heterocycles. The molecule has 3 heteroatoms. The van der Waals surface area contributed by atoms with Crippen LogP contribution < -0.4 is 0 Å². The normalized spacial score (nSPS) is 18.0. The fourth-order valence-electron chi connectivity index (χ4n) is 3.06. The van der Waals surface area contributed by atoms with Gasteiger partial charge in [-0.2, -0.15) is 0 Å². The summed E-state index contributed by atoms with van der Waals surface area (Å²) >= 11 is 0. The van der Waals surface area contributed by atoms with E-state index in [4.69, 9.17) is 0 Å². The summed E-state index contributed by atoms with van der Waals surface area (Å²) in [6, 6.07) is 8.49. The van der Waals surface area contributed by atoms with Gasteiger partial charge in [-0.05, 0) is 36.6 Å². The SMILES string of the molecule is CC.CN1CCN(C(=O)CC2=CCCc3ccccc32)CC1. The van der Waals surface area contributed by atoms with Crippen LogP contribution in [-0.2, 0) is 11.2 Å². The van der Waals surface area contributed by atoms with Crippen LogP contribution in [0.5, 0.6) is 0 Å². The van der Waals surface area contributed by atoms with Crippen LogP contribution in [0.15, 0.2) is 30.3 Å². The van der Waals surface area contributed by atoms with E-state index in [0.29, 0.717) is 6.42 Å². The molecule has 22 heavy (non-hydrogen) atoms. The number of hydrogen-bond donors (Lipinski definition) is 0. The standard InChI is InChI=1S/C17H22N2O.C2H6/c1-18-9-11-19(12-10-18)17(20)13-15-7-4-6-14-5-2-3-8-16(14)15;1-2/h2-3,5,7-8H,4,6,9-13H2,1H3;1-2H3. The molecule has 0 N–H and O–H groups in total. The molecule has 0 atom stereocenters. The molecule has 1 aromatic carbocycles. The molecule has 0 radical (unpaired) electrons. The van der Waals surface area contributed by atoms with E-state index in [1.165, 1.54) is 16.7 Å². The number of benzene rings is 1. The first-order valence-electron chi connectivity index (χ1n) is 8.47. The molecular formula is C19H28N2O. The van der Waals surface area contributed by atoms with Crippen LogP contribution in [0.4, 0.5) is 0 Å². The maximum Gasteiger partial charge on any atom is 0.227 e. The Balaban J connectivity index is 0.000000847. The van der Waals surface area contributed by atoms with Gasteiger partial charge in [-0.1, -0.05) is 44.2 Å². The molecule has 0 spiro atoms. The number of allylic oxidation sites excluding steroid dienone is 1. The monoisotopic (exact) mass is 300 g/mol. The Bertz CT molecular complexity index is 528. The van der Waals surface area contributed by atoms with E-state index < -0.39 is 0 Å². The van der Waals surface area contributed by atoms with E-state index in [1.807, 2.05) is 18.7 Å². The van der Waals surface area contributed by atoms with E-state index >= 15 is 0 Å². The highest BCUT2D eigenvalue weighted by molar-refractivity contribution is 5.89. The lowest BCUT2D eigenvalue weighted by molar-refractivity contribution is -0.131. The number of rotatable bonds is 2. The van der Waals surface area contributed by atoms with Crippen LogP contribution in [-0.4, -0.2) is 48.9 Å². The molecule has 0 aromatic heterocycles. The molecular weight excluding hydrogens is 272 g/mol. The Kier molecular flexibility index (Phi) is 6.20. The first kappa shape index (κ1) is 16.8. The van der Waals surface area contributed by atoms with Gasteiger partial charge < -0.3 is 9.80 Å². The molecule has 0 unspecified atom stereocenters. The average molecular weight is 300 g/mol. The number of likely N-dealkylation sites (N-methyl/N-ethyl adjacent to an activating group) is 1. The summed E-state index contributed by atoms with van der Waals surface area (Å²) in [5, 5.41) is 0. The Labute approximate surface area is 134 Å². The third kappa shape index (κ3) is 3.98. The smallest absolute Gasteiger partial charge is 0.227 e. The van der Waals surface area contributed by atoms with Crippen molar-refractivity contribution < 1.29 is 4.79 Å². The molecule has 3 rings (SSSR count). The fraction of sp³-hybridized carbons (Fsp3) is 0.526. The van der Waals surface area contributed by atoms with Crippen LogP contribution in [0, 0.1) is 0 Å². The second-order valence-electron chi connectivity index (χ2n) is 5.79. The zero-order chi connectivity index (χ0) is 15.9. The van der Waals surface area contributed by atoms with E-state index in [-0.39, 0.29) is 5.91 Å². The third-order valence-electron chi connectivity index (χ3n) is 4.37. The highest BCUT2D eigenvalue weighted by Gasteiger charge is 2.21. The van der Waals surface area contributed by atoms with Crippen molar-refractivity contribution in [1.29, 1.82) is 0 Å². The largest absolute Gasteiger partial charge is 0.340 e. The van der Waals surface area contributed by atoms with Crippen LogP contribution in [0.2, 0.25) is 0 Å². The van der Waals surface area contributed by atoms with Crippen LogP contribution in [0.1, 0.15) is 37.8 Å². The third-order valence-corrected chi connectivity index (χ3v) is 4.37.